The first kappa shape index (κ1) is 18.0. The zero-order chi connectivity index (χ0) is 17.8. The topological polar surface area (TPSA) is 35.6 Å². The van der Waals surface area contributed by atoms with E-state index in [-0.39, 0.29) is 5.91 Å². The van der Waals surface area contributed by atoms with Crippen molar-refractivity contribution in [3.8, 4) is 0 Å². The molecule has 3 fully saturated rings. The predicted octanol–water partition coefficient (Wildman–Crippen LogP) is 2.68. The normalized spacial score (nSPS) is 23.8. The molecular formula is C22H33N3O. The summed E-state index contributed by atoms with van der Waals surface area (Å²) in [6, 6.07) is 12.1. The van der Waals surface area contributed by atoms with Gasteiger partial charge in [0.2, 0.25) is 5.91 Å². The van der Waals surface area contributed by atoms with Gasteiger partial charge in [0, 0.05) is 25.2 Å². The van der Waals surface area contributed by atoms with Crippen molar-refractivity contribution in [3.05, 3.63) is 35.9 Å². The Bertz CT molecular complexity index is 570. The van der Waals surface area contributed by atoms with Crippen LogP contribution in [-0.2, 0) is 11.2 Å². The van der Waals surface area contributed by atoms with Crippen LogP contribution in [0.4, 0.5) is 0 Å². The third kappa shape index (κ3) is 5.08. The SMILES string of the molecule is O=C(CN1CCC(Cc2ccccc2)CC1)NC1CCN(C2CC2)CC1. The van der Waals surface area contributed by atoms with Gasteiger partial charge >= 0.3 is 0 Å². The van der Waals surface area contributed by atoms with Crippen LogP contribution in [0, 0.1) is 5.92 Å². The maximum absolute atomic E-state index is 12.4. The van der Waals surface area contributed by atoms with Crippen molar-refractivity contribution in [3.63, 3.8) is 0 Å². The minimum Gasteiger partial charge on any atom is -0.352 e. The minimum atomic E-state index is 0.233. The third-order valence-electron chi connectivity index (χ3n) is 6.40. The van der Waals surface area contributed by atoms with Gasteiger partial charge in [0.1, 0.15) is 0 Å². The summed E-state index contributed by atoms with van der Waals surface area (Å²) in [6.45, 7) is 5.04. The fourth-order valence-electron chi connectivity index (χ4n) is 4.62. The van der Waals surface area contributed by atoms with Crippen LogP contribution in [0.5, 0.6) is 0 Å². The monoisotopic (exact) mass is 355 g/mol. The summed E-state index contributed by atoms with van der Waals surface area (Å²) in [4.78, 5) is 17.4. The standard InChI is InChI=1S/C22H33N3O/c26-22(23-20-10-14-25(15-11-20)21-6-7-21)17-24-12-8-19(9-13-24)16-18-4-2-1-3-5-18/h1-5,19-21H,6-17H2,(H,23,26). The number of likely N-dealkylation sites (tertiary alicyclic amines) is 2. The van der Waals surface area contributed by atoms with Gasteiger partial charge < -0.3 is 10.2 Å². The van der Waals surface area contributed by atoms with E-state index in [4.69, 9.17) is 0 Å². The molecule has 1 aromatic rings. The molecule has 0 unspecified atom stereocenters. The molecule has 1 aromatic carbocycles. The number of carbonyl (C=O) groups is 1. The van der Waals surface area contributed by atoms with Gasteiger partial charge in [-0.3, -0.25) is 9.69 Å². The van der Waals surface area contributed by atoms with Crippen molar-refractivity contribution in [1.29, 1.82) is 0 Å². The number of benzene rings is 1. The Hall–Kier alpha value is -1.39. The summed E-state index contributed by atoms with van der Waals surface area (Å²) >= 11 is 0. The molecule has 3 aliphatic rings. The Balaban J connectivity index is 1.13. The van der Waals surface area contributed by atoms with E-state index in [1.165, 1.54) is 50.8 Å². The summed E-state index contributed by atoms with van der Waals surface area (Å²) in [5.41, 5.74) is 1.45. The van der Waals surface area contributed by atoms with Crippen molar-refractivity contribution < 1.29 is 4.79 Å². The quantitative estimate of drug-likeness (QED) is 0.852. The Morgan fingerprint density at radius 2 is 1.62 bits per heavy atom. The number of amides is 1. The average Bonchev–Trinajstić information content (AvgIpc) is 3.50. The zero-order valence-electron chi connectivity index (χ0n) is 15.9. The summed E-state index contributed by atoms with van der Waals surface area (Å²) in [6.07, 6.45) is 8.63. The highest BCUT2D eigenvalue weighted by Gasteiger charge is 2.32. The number of carbonyl (C=O) groups excluding carboxylic acids is 1. The Kier molecular flexibility index (Phi) is 5.91. The van der Waals surface area contributed by atoms with Gasteiger partial charge in [0.15, 0.2) is 0 Å². The first-order chi connectivity index (χ1) is 12.8. The van der Waals surface area contributed by atoms with Crippen LogP contribution in [-0.4, -0.2) is 60.5 Å². The van der Waals surface area contributed by atoms with Gasteiger partial charge in [-0.15, -0.1) is 0 Å². The fourth-order valence-corrected chi connectivity index (χ4v) is 4.62. The summed E-state index contributed by atoms with van der Waals surface area (Å²) < 4.78 is 0. The molecular weight excluding hydrogens is 322 g/mol. The van der Waals surface area contributed by atoms with Crippen LogP contribution in [0.2, 0.25) is 0 Å². The molecule has 26 heavy (non-hydrogen) atoms. The highest BCUT2D eigenvalue weighted by atomic mass is 16.2. The van der Waals surface area contributed by atoms with Gasteiger partial charge in [-0.2, -0.15) is 0 Å². The summed E-state index contributed by atoms with van der Waals surface area (Å²) in [7, 11) is 0. The molecule has 142 valence electrons. The second kappa shape index (κ2) is 8.53. The largest absolute Gasteiger partial charge is 0.352 e. The molecule has 2 saturated heterocycles. The lowest BCUT2D eigenvalue weighted by molar-refractivity contribution is -0.123. The lowest BCUT2D eigenvalue weighted by Crippen LogP contribution is -2.48. The van der Waals surface area contributed by atoms with Crippen molar-refractivity contribution >= 4 is 5.91 Å². The van der Waals surface area contributed by atoms with E-state index in [9.17, 15) is 4.79 Å². The molecule has 0 aromatic heterocycles. The number of piperidine rings is 2. The fraction of sp³-hybridized carbons (Fsp3) is 0.682. The lowest BCUT2D eigenvalue weighted by Gasteiger charge is -2.34. The van der Waals surface area contributed by atoms with Gasteiger partial charge in [-0.25, -0.2) is 0 Å². The number of hydrogen-bond acceptors (Lipinski definition) is 3. The number of nitrogens with zero attached hydrogens (tertiary/aromatic N) is 2. The minimum absolute atomic E-state index is 0.233. The Morgan fingerprint density at radius 1 is 0.923 bits per heavy atom. The van der Waals surface area contributed by atoms with E-state index in [2.05, 4.69) is 45.4 Å². The van der Waals surface area contributed by atoms with E-state index in [0.717, 1.165) is 37.9 Å². The molecule has 4 nitrogen and oxygen atoms in total. The summed E-state index contributed by atoms with van der Waals surface area (Å²) in [5, 5.41) is 3.29. The first-order valence-corrected chi connectivity index (χ1v) is 10.6. The maximum Gasteiger partial charge on any atom is 0.234 e. The zero-order valence-corrected chi connectivity index (χ0v) is 15.9. The van der Waals surface area contributed by atoms with Crippen molar-refractivity contribution in [1.82, 2.24) is 15.1 Å². The second-order valence-electron chi connectivity index (χ2n) is 8.52. The smallest absolute Gasteiger partial charge is 0.234 e. The molecule has 0 radical (unpaired) electrons. The Labute approximate surface area is 157 Å². The Morgan fingerprint density at radius 3 is 2.27 bits per heavy atom. The van der Waals surface area contributed by atoms with Crippen molar-refractivity contribution in [2.24, 2.45) is 5.92 Å². The molecule has 4 rings (SSSR count). The van der Waals surface area contributed by atoms with Crippen LogP contribution >= 0.6 is 0 Å². The maximum atomic E-state index is 12.4. The van der Waals surface area contributed by atoms with Crippen LogP contribution < -0.4 is 5.32 Å². The first-order valence-electron chi connectivity index (χ1n) is 10.6. The average molecular weight is 356 g/mol. The predicted molar refractivity (Wildman–Crippen MR) is 105 cm³/mol. The molecule has 0 spiro atoms. The van der Waals surface area contributed by atoms with Crippen molar-refractivity contribution in [2.45, 2.75) is 57.0 Å². The molecule has 4 heteroatoms. The van der Waals surface area contributed by atoms with Crippen molar-refractivity contribution in [2.75, 3.05) is 32.7 Å². The van der Waals surface area contributed by atoms with Gasteiger partial charge in [-0.1, -0.05) is 30.3 Å². The van der Waals surface area contributed by atoms with E-state index in [1.54, 1.807) is 0 Å². The van der Waals surface area contributed by atoms with Crippen LogP contribution in [0.3, 0.4) is 0 Å². The van der Waals surface area contributed by atoms with E-state index < -0.39 is 0 Å². The second-order valence-corrected chi connectivity index (χ2v) is 8.52. The molecule has 0 atom stereocenters. The van der Waals surface area contributed by atoms with Crippen LogP contribution in [0.15, 0.2) is 30.3 Å². The van der Waals surface area contributed by atoms with E-state index >= 15 is 0 Å². The van der Waals surface area contributed by atoms with Crippen LogP contribution in [0.25, 0.3) is 0 Å². The number of nitrogens with one attached hydrogen (secondary N) is 1. The third-order valence-corrected chi connectivity index (χ3v) is 6.40. The molecule has 2 aliphatic heterocycles. The molecule has 1 amide bonds. The highest BCUT2D eigenvalue weighted by Crippen LogP contribution is 2.29. The number of rotatable bonds is 6. The van der Waals surface area contributed by atoms with Gasteiger partial charge in [0.25, 0.3) is 0 Å². The number of hydrogen-bond donors (Lipinski definition) is 1. The van der Waals surface area contributed by atoms with E-state index in [0.29, 0.717) is 12.6 Å². The van der Waals surface area contributed by atoms with Gasteiger partial charge in [-0.05, 0) is 69.5 Å². The van der Waals surface area contributed by atoms with Crippen LogP contribution in [0.1, 0.15) is 44.1 Å². The molecule has 1 N–H and O–H groups in total. The van der Waals surface area contributed by atoms with E-state index in [1.807, 2.05) is 0 Å². The molecule has 1 aliphatic carbocycles. The highest BCUT2D eigenvalue weighted by molar-refractivity contribution is 5.78. The molecule has 2 heterocycles. The summed E-state index contributed by atoms with van der Waals surface area (Å²) in [5.74, 6) is 1.000. The lowest BCUT2D eigenvalue weighted by atomic mass is 9.90. The molecule has 1 saturated carbocycles. The van der Waals surface area contributed by atoms with Gasteiger partial charge in [0.05, 0.1) is 6.54 Å². The molecule has 0 bridgehead atoms.